The summed E-state index contributed by atoms with van der Waals surface area (Å²) in [6, 6.07) is 23.0. The number of rotatable bonds is 4. The highest BCUT2D eigenvalue weighted by Crippen LogP contribution is 2.35. The molecular formula is C20H17N3O2S. The third-order valence-electron chi connectivity index (χ3n) is 4.07. The van der Waals surface area contributed by atoms with Gasteiger partial charge in [0, 0.05) is 10.8 Å². The van der Waals surface area contributed by atoms with Crippen LogP contribution in [0, 0.1) is 0 Å². The van der Waals surface area contributed by atoms with Crippen molar-refractivity contribution in [2.45, 2.75) is 0 Å². The Kier molecular flexibility index (Phi) is 3.97. The summed E-state index contributed by atoms with van der Waals surface area (Å²) in [5.41, 5.74) is 3.83. The van der Waals surface area contributed by atoms with Crippen LogP contribution in [-0.2, 0) is 10.0 Å². The molecule has 3 aromatic carbocycles. The average molecular weight is 363 g/mol. The Bertz CT molecular complexity index is 1170. The Morgan fingerprint density at radius 3 is 1.81 bits per heavy atom. The maximum atomic E-state index is 11.7. The van der Waals surface area contributed by atoms with E-state index >= 15 is 0 Å². The maximum absolute atomic E-state index is 11.7. The van der Waals surface area contributed by atoms with Crippen LogP contribution < -0.4 is 10.0 Å². The fraction of sp³-hybridized carbons (Fsp3) is 0.0500. The molecule has 0 aliphatic carbocycles. The quantitative estimate of drug-likeness (QED) is 0.524. The molecule has 0 saturated carbocycles. The van der Waals surface area contributed by atoms with Gasteiger partial charge in [-0.05, 0) is 24.3 Å². The van der Waals surface area contributed by atoms with Gasteiger partial charge in [0.05, 0.1) is 34.4 Å². The van der Waals surface area contributed by atoms with Crippen molar-refractivity contribution >= 4 is 48.9 Å². The second-order valence-corrected chi connectivity index (χ2v) is 7.81. The number of hydrogen-bond donors (Lipinski definition) is 2. The van der Waals surface area contributed by atoms with Gasteiger partial charge in [-0.1, -0.05) is 48.5 Å². The Morgan fingerprint density at radius 2 is 1.23 bits per heavy atom. The molecule has 6 heteroatoms. The van der Waals surface area contributed by atoms with Gasteiger partial charge in [-0.3, -0.25) is 4.72 Å². The Morgan fingerprint density at radius 1 is 0.731 bits per heavy atom. The van der Waals surface area contributed by atoms with Crippen LogP contribution in [0.2, 0.25) is 0 Å². The highest BCUT2D eigenvalue weighted by molar-refractivity contribution is 7.92. The SMILES string of the molecule is CS(=O)(=O)Nc1ccccc1Nc1c2ccccc2nc2ccccc12. The summed E-state index contributed by atoms with van der Waals surface area (Å²) in [6.45, 7) is 0. The number of hydrogen-bond acceptors (Lipinski definition) is 4. The number of aromatic nitrogens is 1. The number of sulfonamides is 1. The molecular weight excluding hydrogens is 346 g/mol. The topological polar surface area (TPSA) is 71.1 Å². The normalized spacial score (nSPS) is 11.6. The van der Waals surface area contributed by atoms with Crippen molar-refractivity contribution in [3.05, 3.63) is 72.8 Å². The smallest absolute Gasteiger partial charge is 0.229 e. The lowest BCUT2D eigenvalue weighted by molar-refractivity contribution is 0.607. The number of para-hydroxylation sites is 4. The van der Waals surface area contributed by atoms with E-state index in [1.807, 2.05) is 60.7 Å². The molecule has 0 spiro atoms. The standard InChI is InChI=1S/C20H17N3O2S/c1-26(24,25)23-19-13-7-6-12-18(19)22-20-14-8-2-4-10-16(14)21-17-11-5-3-9-15(17)20/h2-13,23H,1H3,(H,21,22). The van der Waals surface area contributed by atoms with Crippen molar-refractivity contribution in [3.8, 4) is 0 Å². The molecule has 2 N–H and O–H groups in total. The molecule has 26 heavy (non-hydrogen) atoms. The lowest BCUT2D eigenvalue weighted by Crippen LogP contribution is -2.11. The van der Waals surface area contributed by atoms with Crippen LogP contribution in [0.4, 0.5) is 17.1 Å². The molecule has 0 saturated heterocycles. The molecule has 0 atom stereocenters. The third kappa shape index (κ3) is 3.19. The first-order valence-electron chi connectivity index (χ1n) is 8.12. The number of nitrogens with zero attached hydrogens (tertiary/aromatic N) is 1. The van der Waals surface area contributed by atoms with Gasteiger partial charge in [0.15, 0.2) is 0 Å². The number of anilines is 3. The van der Waals surface area contributed by atoms with E-state index in [-0.39, 0.29) is 0 Å². The molecule has 0 unspecified atom stereocenters. The highest BCUT2D eigenvalue weighted by Gasteiger charge is 2.12. The van der Waals surface area contributed by atoms with Crippen LogP contribution in [0.3, 0.4) is 0 Å². The van der Waals surface area contributed by atoms with E-state index < -0.39 is 10.0 Å². The van der Waals surface area contributed by atoms with E-state index in [0.29, 0.717) is 11.4 Å². The largest absolute Gasteiger partial charge is 0.353 e. The predicted octanol–water partition coefficient (Wildman–Crippen LogP) is 4.50. The predicted molar refractivity (Wildman–Crippen MR) is 107 cm³/mol. The fourth-order valence-corrected chi connectivity index (χ4v) is 3.57. The summed E-state index contributed by atoms with van der Waals surface area (Å²) >= 11 is 0. The Hall–Kier alpha value is -3.12. The van der Waals surface area contributed by atoms with Crippen molar-refractivity contribution in [1.29, 1.82) is 0 Å². The summed E-state index contributed by atoms with van der Waals surface area (Å²) < 4.78 is 25.9. The van der Waals surface area contributed by atoms with Crippen molar-refractivity contribution < 1.29 is 8.42 Å². The zero-order valence-electron chi connectivity index (χ0n) is 14.1. The second kappa shape index (κ2) is 6.31. The van der Waals surface area contributed by atoms with E-state index in [9.17, 15) is 8.42 Å². The number of pyridine rings is 1. The van der Waals surface area contributed by atoms with Gasteiger partial charge in [0.1, 0.15) is 0 Å². The molecule has 130 valence electrons. The van der Waals surface area contributed by atoms with Gasteiger partial charge in [0.25, 0.3) is 0 Å². The second-order valence-electron chi connectivity index (χ2n) is 6.07. The molecule has 0 radical (unpaired) electrons. The molecule has 0 fully saturated rings. The molecule has 4 aromatic rings. The molecule has 0 aliphatic heterocycles. The van der Waals surface area contributed by atoms with Gasteiger partial charge in [-0.2, -0.15) is 0 Å². The average Bonchev–Trinajstić information content (AvgIpc) is 2.62. The number of fused-ring (bicyclic) bond motifs is 2. The minimum Gasteiger partial charge on any atom is -0.353 e. The van der Waals surface area contributed by atoms with Crippen molar-refractivity contribution in [2.24, 2.45) is 0 Å². The lowest BCUT2D eigenvalue weighted by Gasteiger charge is -2.16. The van der Waals surface area contributed by atoms with Crippen LogP contribution in [0.25, 0.3) is 21.8 Å². The van der Waals surface area contributed by atoms with Gasteiger partial charge < -0.3 is 5.32 Å². The molecule has 5 nitrogen and oxygen atoms in total. The van der Waals surface area contributed by atoms with Crippen LogP contribution >= 0.6 is 0 Å². The molecule has 4 rings (SSSR count). The molecule has 0 amide bonds. The van der Waals surface area contributed by atoms with E-state index in [1.54, 1.807) is 12.1 Å². The lowest BCUT2D eigenvalue weighted by atomic mass is 10.1. The zero-order valence-corrected chi connectivity index (χ0v) is 14.9. The summed E-state index contributed by atoms with van der Waals surface area (Å²) in [4.78, 5) is 4.71. The molecule has 0 aliphatic rings. The first kappa shape index (κ1) is 16.4. The van der Waals surface area contributed by atoms with E-state index in [1.165, 1.54) is 0 Å². The Balaban J connectivity index is 1.92. The van der Waals surface area contributed by atoms with Crippen LogP contribution in [-0.4, -0.2) is 19.7 Å². The first-order valence-corrected chi connectivity index (χ1v) is 10.0. The maximum Gasteiger partial charge on any atom is 0.229 e. The van der Waals surface area contributed by atoms with Crippen molar-refractivity contribution in [2.75, 3.05) is 16.3 Å². The van der Waals surface area contributed by atoms with E-state index in [0.717, 1.165) is 33.7 Å². The zero-order chi connectivity index (χ0) is 18.1. The summed E-state index contributed by atoms with van der Waals surface area (Å²) in [5.74, 6) is 0. The van der Waals surface area contributed by atoms with Crippen molar-refractivity contribution in [3.63, 3.8) is 0 Å². The monoisotopic (exact) mass is 363 g/mol. The first-order chi connectivity index (χ1) is 12.5. The van der Waals surface area contributed by atoms with Gasteiger partial charge in [-0.15, -0.1) is 0 Å². The van der Waals surface area contributed by atoms with Crippen LogP contribution in [0.1, 0.15) is 0 Å². The Labute approximate surface area is 151 Å². The third-order valence-corrected chi connectivity index (χ3v) is 4.66. The molecule has 1 aromatic heterocycles. The molecule has 1 heterocycles. The van der Waals surface area contributed by atoms with Crippen molar-refractivity contribution in [1.82, 2.24) is 4.98 Å². The van der Waals surface area contributed by atoms with Crippen LogP contribution in [0.15, 0.2) is 72.8 Å². The van der Waals surface area contributed by atoms with E-state index in [2.05, 4.69) is 10.0 Å². The summed E-state index contributed by atoms with van der Waals surface area (Å²) in [6.07, 6.45) is 1.14. The highest BCUT2D eigenvalue weighted by atomic mass is 32.2. The minimum absolute atomic E-state index is 0.500. The fourth-order valence-electron chi connectivity index (χ4n) is 2.99. The van der Waals surface area contributed by atoms with Gasteiger partial charge in [0.2, 0.25) is 10.0 Å². The molecule has 0 bridgehead atoms. The summed E-state index contributed by atoms with van der Waals surface area (Å²) in [7, 11) is -3.38. The summed E-state index contributed by atoms with van der Waals surface area (Å²) in [5, 5.41) is 5.36. The van der Waals surface area contributed by atoms with E-state index in [4.69, 9.17) is 4.98 Å². The van der Waals surface area contributed by atoms with Gasteiger partial charge in [-0.25, -0.2) is 13.4 Å². The number of benzene rings is 3. The number of nitrogens with one attached hydrogen (secondary N) is 2. The minimum atomic E-state index is -3.38. The van der Waals surface area contributed by atoms with Crippen LogP contribution in [0.5, 0.6) is 0 Å². The van der Waals surface area contributed by atoms with Gasteiger partial charge >= 0.3 is 0 Å².